The summed E-state index contributed by atoms with van der Waals surface area (Å²) in [6.45, 7) is 5.35. The maximum absolute atomic E-state index is 6.35. The predicted molar refractivity (Wildman–Crippen MR) is 72.2 cm³/mol. The van der Waals surface area contributed by atoms with Gasteiger partial charge in [-0.2, -0.15) is 0 Å². The fourth-order valence-electron chi connectivity index (χ4n) is 2.11. The monoisotopic (exact) mass is 236 g/mol. The van der Waals surface area contributed by atoms with Crippen LogP contribution in [0.5, 0.6) is 5.75 Å². The molecule has 0 saturated heterocycles. The van der Waals surface area contributed by atoms with Crippen molar-refractivity contribution in [3.05, 3.63) is 29.8 Å². The third kappa shape index (κ3) is 3.72. The highest BCUT2D eigenvalue weighted by Crippen LogP contribution is 2.27. The lowest BCUT2D eigenvalue weighted by Gasteiger charge is -2.27. The maximum Gasteiger partial charge on any atom is 0.119 e. The number of nitrogens with two attached hydrogens (primary N) is 1. The molecule has 0 saturated carbocycles. The molecule has 3 heteroatoms. The lowest BCUT2D eigenvalue weighted by molar-refractivity contribution is 0.313. The normalized spacial score (nSPS) is 14.7. The summed E-state index contributed by atoms with van der Waals surface area (Å²) in [6.07, 6.45) is 0. The molecule has 0 spiro atoms. The molecule has 17 heavy (non-hydrogen) atoms. The van der Waals surface area contributed by atoms with Crippen LogP contribution in [-0.2, 0) is 0 Å². The molecule has 0 aliphatic carbocycles. The number of hydrogen-bond donors (Lipinski definition) is 2. The molecule has 96 valence electrons. The first kappa shape index (κ1) is 14.0. The summed E-state index contributed by atoms with van der Waals surface area (Å²) < 4.78 is 5.23. The standard InChI is InChI=1S/C14H24N2O/c1-10(2)13(9-16-3)14(15)11-6-5-7-12(8-11)17-4/h5-8,10,13-14,16H,9,15H2,1-4H3. The molecule has 3 nitrogen and oxygen atoms in total. The maximum atomic E-state index is 6.35. The highest BCUT2D eigenvalue weighted by molar-refractivity contribution is 5.30. The first-order valence-electron chi connectivity index (χ1n) is 6.14. The van der Waals surface area contributed by atoms with Gasteiger partial charge in [0.05, 0.1) is 7.11 Å². The van der Waals surface area contributed by atoms with Crippen LogP contribution in [-0.4, -0.2) is 20.7 Å². The van der Waals surface area contributed by atoms with E-state index in [9.17, 15) is 0 Å². The second-order valence-corrected chi connectivity index (χ2v) is 4.77. The molecular weight excluding hydrogens is 212 g/mol. The van der Waals surface area contributed by atoms with Gasteiger partial charge in [0.1, 0.15) is 5.75 Å². The average molecular weight is 236 g/mol. The van der Waals surface area contributed by atoms with E-state index < -0.39 is 0 Å². The van der Waals surface area contributed by atoms with Gasteiger partial charge < -0.3 is 15.8 Å². The van der Waals surface area contributed by atoms with Crippen molar-refractivity contribution in [3.8, 4) is 5.75 Å². The van der Waals surface area contributed by atoms with Crippen LogP contribution in [0, 0.1) is 11.8 Å². The average Bonchev–Trinajstić information content (AvgIpc) is 2.34. The Labute approximate surface area is 104 Å². The highest BCUT2D eigenvalue weighted by Gasteiger charge is 2.22. The van der Waals surface area contributed by atoms with E-state index in [1.807, 2.05) is 25.2 Å². The van der Waals surface area contributed by atoms with E-state index in [0.29, 0.717) is 11.8 Å². The van der Waals surface area contributed by atoms with Gasteiger partial charge in [0.2, 0.25) is 0 Å². The number of hydrogen-bond acceptors (Lipinski definition) is 3. The summed E-state index contributed by atoms with van der Waals surface area (Å²) in [5.74, 6) is 1.83. The van der Waals surface area contributed by atoms with Crippen LogP contribution in [0.1, 0.15) is 25.5 Å². The number of benzene rings is 1. The van der Waals surface area contributed by atoms with Gasteiger partial charge in [0.15, 0.2) is 0 Å². The fourth-order valence-corrected chi connectivity index (χ4v) is 2.11. The fraction of sp³-hybridized carbons (Fsp3) is 0.571. The molecule has 0 aromatic heterocycles. The summed E-state index contributed by atoms with van der Waals surface area (Å²) >= 11 is 0. The molecule has 0 aliphatic rings. The number of rotatable bonds is 6. The quantitative estimate of drug-likeness (QED) is 0.796. The third-order valence-corrected chi connectivity index (χ3v) is 3.24. The van der Waals surface area contributed by atoms with Gasteiger partial charge in [0, 0.05) is 6.04 Å². The Morgan fingerprint density at radius 2 is 2.06 bits per heavy atom. The largest absolute Gasteiger partial charge is 0.497 e. The molecule has 0 aliphatic heterocycles. The summed E-state index contributed by atoms with van der Waals surface area (Å²) in [5, 5.41) is 3.22. The van der Waals surface area contributed by atoms with Gasteiger partial charge >= 0.3 is 0 Å². The number of nitrogens with one attached hydrogen (secondary N) is 1. The molecule has 1 aromatic carbocycles. The minimum absolute atomic E-state index is 0.0394. The van der Waals surface area contributed by atoms with Crippen LogP contribution in [0.4, 0.5) is 0 Å². The van der Waals surface area contributed by atoms with Crippen molar-refractivity contribution in [1.82, 2.24) is 5.32 Å². The van der Waals surface area contributed by atoms with Gasteiger partial charge in [-0.15, -0.1) is 0 Å². The van der Waals surface area contributed by atoms with Crippen molar-refractivity contribution in [2.45, 2.75) is 19.9 Å². The Hall–Kier alpha value is -1.06. The van der Waals surface area contributed by atoms with E-state index in [0.717, 1.165) is 17.9 Å². The highest BCUT2D eigenvalue weighted by atomic mass is 16.5. The summed E-state index contributed by atoms with van der Waals surface area (Å²) in [4.78, 5) is 0. The molecule has 0 heterocycles. The summed E-state index contributed by atoms with van der Waals surface area (Å²) in [5.41, 5.74) is 7.49. The van der Waals surface area contributed by atoms with Crippen LogP contribution >= 0.6 is 0 Å². The van der Waals surface area contributed by atoms with Crippen molar-refractivity contribution in [2.75, 3.05) is 20.7 Å². The lowest BCUT2D eigenvalue weighted by atomic mass is 9.85. The van der Waals surface area contributed by atoms with Crippen molar-refractivity contribution in [3.63, 3.8) is 0 Å². The second-order valence-electron chi connectivity index (χ2n) is 4.77. The number of methoxy groups -OCH3 is 1. The van der Waals surface area contributed by atoms with Crippen LogP contribution < -0.4 is 15.8 Å². The molecule has 1 aromatic rings. The van der Waals surface area contributed by atoms with Crippen LogP contribution in [0.15, 0.2) is 24.3 Å². The Morgan fingerprint density at radius 1 is 1.35 bits per heavy atom. The minimum Gasteiger partial charge on any atom is -0.497 e. The van der Waals surface area contributed by atoms with E-state index in [4.69, 9.17) is 10.5 Å². The Bertz CT molecular complexity index is 339. The van der Waals surface area contributed by atoms with E-state index >= 15 is 0 Å². The van der Waals surface area contributed by atoms with E-state index in [2.05, 4.69) is 25.2 Å². The first-order chi connectivity index (χ1) is 8.10. The third-order valence-electron chi connectivity index (χ3n) is 3.24. The smallest absolute Gasteiger partial charge is 0.119 e. The van der Waals surface area contributed by atoms with E-state index in [1.54, 1.807) is 7.11 Å². The van der Waals surface area contributed by atoms with Crippen LogP contribution in [0.25, 0.3) is 0 Å². The van der Waals surface area contributed by atoms with Gasteiger partial charge in [-0.25, -0.2) is 0 Å². The van der Waals surface area contributed by atoms with E-state index in [1.165, 1.54) is 0 Å². The zero-order valence-corrected chi connectivity index (χ0v) is 11.2. The van der Waals surface area contributed by atoms with Crippen molar-refractivity contribution < 1.29 is 4.74 Å². The molecule has 0 radical (unpaired) electrons. The molecule has 0 amide bonds. The lowest BCUT2D eigenvalue weighted by Crippen LogP contribution is -2.33. The topological polar surface area (TPSA) is 47.3 Å². The Kier molecular flexibility index (Phi) is 5.45. The molecule has 1 rings (SSSR count). The number of ether oxygens (including phenoxy) is 1. The summed E-state index contributed by atoms with van der Waals surface area (Å²) in [7, 11) is 3.64. The molecule has 0 bridgehead atoms. The van der Waals surface area contributed by atoms with Gasteiger partial charge in [-0.1, -0.05) is 26.0 Å². The Morgan fingerprint density at radius 3 is 2.59 bits per heavy atom. The van der Waals surface area contributed by atoms with Crippen LogP contribution in [0.3, 0.4) is 0 Å². The first-order valence-corrected chi connectivity index (χ1v) is 6.14. The van der Waals surface area contributed by atoms with Gasteiger partial charge in [-0.3, -0.25) is 0 Å². The van der Waals surface area contributed by atoms with E-state index in [-0.39, 0.29) is 6.04 Å². The molecule has 3 N–H and O–H groups in total. The molecule has 0 fully saturated rings. The zero-order chi connectivity index (χ0) is 12.8. The molecular formula is C14H24N2O. The molecule has 2 atom stereocenters. The van der Waals surface area contributed by atoms with Crippen LogP contribution in [0.2, 0.25) is 0 Å². The van der Waals surface area contributed by atoms with Gasteiger partial charge in [0.25, 0.3) is 0 Å². The van der Waals surface area contributed by atoms with Crippen molar-refractivity contribution >= 4 is 0 Å². The second kappa shape index (κ2) is 6.62. The molecule has 2 unspecified atom stereocenters. The summed E-state index contributed by atoms with van der Waals surface area (Å²) in [6, 6.07) is 8.06. The predicted octanol–water partition coefficient (Wildman–Crippen LogP) is 2.19. The zero-order valence-electron chi connectivity index (χ0n) is 11.2. The van der Waals surface area contributed by atoms with Gasteiger partial charge in [-0.05, 0) is 43.1 Å². The van der Waals surface area contributed by atoms with Crippen molar-refractivity contribution in [2.24, 2.45) is 17.6 Å². The Balaban J connectivity index is 2.88. The minimum atomic E-state index is 0.0394. The SMILES string of the molecule is CNCC(C(C)C)C(N)c1cccc(OC)c1. The van der Waals surface area contributed by atoms with Crippen molar-refractivity contribution in [1.29, 1.82) is 0 Å².